The number of nitriles is 1. The van der Waals surface area contributed by atoms with Crippen molar-refractivity contribution < 1.29 is 9.32 Å². The molecule has 1 aromatic heterocycles. The van der Waals surface area contributed by atoms with Gasteiger partial charge in [0, 0.05) is 17.0 Å². The summed E-state index contributed by atoms with van der Waals surface area (Å²) >= 11 is 0. The summed E-state index contributed by atoms with van der Waals surface area (Å²) in [6, 6.07) is 10.2. The van der Waals surface area contributed by atoms with Crippen LogP contribution in [0.25, 0.3) is 0 Å². The van der Waals surface area contributed by atoms with Crippen LogP contribution in [-0.2, 0) is 5.41 Å². The Kier molecular flexibility index (Phi) is 4.81. The van der Waals surface area contributed by atoms with Crippen molar-refractivity contribution in [1.29, 1.82) is 5.26 Å². The number of carbonyl (C=O) groups excluding carboxylic acids is 1. The van der Waals surface area contributed by atoms with E-state index in [0.29, 0.717) is 17.0 Å². The van der Waals surface area contributed by atoms with Crippen molar-refractivity contribution in [1.82, 2.24) is 5.16 Å². The number of hydrazone groups is 1. The molecule has 0 atom stereocenters. The van der Waals surface area contributed by atoms with Gasteiger partial charge in [0.2, 0.25) is 11.5 Å². The lowest BCUT2D eigenvalue weighted by Crippen LogP contribution is -2.15. The maximum atomic E-state index is 12.3. The van der Waals surface area contributed by atoms with Crippen molar-refractivity contribution >= 4 is 17.2 Å². The van der Waals surface area contributed by atoms with Crippen LogP contribution in [0.2, 0.25) is 0 Å². The molecule has 0 saturated carbocycles. The average molecular weight is 320 g/mol. The fourth-order valence-electron chi connectivity index (χ4n) is 1.78. The van der Waals surface area contributed by atoms with Gasteiger partial charge in [0.05, 0.1) is 5.69 Å². The second-order valence-corrected chi connectivity index (χ2v) is 6.06. The van der Waals surface area contributed by atoms with Crippen molar-refractivity contribution in [3.05, 3.63) is 47.3 Å². The molecule has 0 saturated heterocycles. The van der Waals surface area contributed by atoms with Crippen LogP contribution in [0.4, 0.5) is 5.69 Å². The summed E-state index contributed by atoms with van der Waals surface area (Å²) in [5.74, 6) is 2.43. The van der Waals surface area contributed by atoms with Crippen LogP contribution in [0, 0.1) is 23.7 Å². The lowest BCUT2D eigenvalue weighted by molar-refractivity contribution is 0.105. The van der Waals surface area contributed by atoms with Crippen molar-refractivity contribution in [2.45, 2.75) is 26.2 Å². The molecular weight excluding hydrogens is 304 g/mol. The zero-order valence-corrected chi connectivity index (χ0v) is 13.6. The van der Waals surface area contributed by atoms with E-state index in [0.717, 1.165) is 0 Å². The molecule has 0 bridgehead atoms. The third kappa shape index (κ3) is 3.88. The molecule has 1 N–H and O–H groups in total. The number of Topliss-reactive ketones (excluding diaryl/α,β-unsaturated/α-hetero) is 1. The van der Waals surface area contributed by atoms with Gasteiger partial charge in [-0.1, -0.05) is 37.9 Å². The maximum absolute atomic E-state index is 12.3. The van der Waals surface area contributed by atoms with Crippen LogP contribution < -0.4 is 5.43 Å². The number of nitrogens with zero attached hydrogens (tertiary/aromatic N) is 3. The van der Waals surface area contributed by atoms with Gasteiger partial charge in [-0.3, -0.25) is 10.2 Å². The summed E-state index contributed by atoms with van der Waals surface area (Å²) in [5.41, 5.74) is 3.31. The predicted octanol–water partition coefficient (Wildman–Crippen LogP) is 3.13. The van der Waals surface area contributed by atoms with E-state index in [4.69, 9.17) is 10.9 Å². The molecule has 6 heteroatoms. The minimum atomic E-state index is -0.614. The Balaban J connectivity index is 2.21. The Morgan fingerprint density at radius 2 is 2.12 bits per heavy atom. The van der Waals surface area contributed by atoms with E-state index in [2.05, 4.69) is 21.6 Å². The average Bonchev–Trinajstić information content (AvgIpc) is 3.05. The first kappa shape index (κ1) is 17.0. The van der Waals surface area contributed by atoms with Gasteiger partial charge in [-0.2, -0.15) is 10.4 Å². The van der Waals surface area contributed by atoms with Gasteiger partial charge in [0.1, 0.15) is 11.8 Å². The molecule has 1 aromatic carbocycles. The molecule has 0 unspecified atom stereocenters. The Bertz CT molecular complexity index is 873. The minimum Gasteiger partial charge on any atom is -0.360 e. The number of carbonyl (C=O) groups is 1. The van der Waals surface area contributed by atoms with Crippen molar-refractivity contribution in [2.24, 2.45) is 5.10 Å². The zero-order chi connectivity index (χ0) is 17.7. The number of aromatic nitrogens is 1. The van der Waals surface area contributed by atoms with E-state index in [1.807, 2.05) is 20.8 Å². The molecule has 0 aliphatic rings. The van der Waals surface area contributed by atoms with Gasteiger partial charge in [0.25, 0.3) is 0 Å². The fraction of sp³-hybridized carbons (Fsp3) is 0.222. The van der Waals surface area contributed by atoms with E-state index in [1.54, 1.807) is 30.3 Å². The van der Waals surface area contributed by atoms with Gasteiger partial charge in [-0.25, -0.2) is 0 Å². The summed E-state index contributed by atoms with van der Waals surface area (Å²) in [7, 11) is 0. The second-order valence-electron chi connectivity index (χ2n) is 6.06. The smallest absolute Gasteiger partial charge is 0.245 e. The number of hydrogen-bond donors (Lipinski definition) is 1. The SMILES string of the molecule is C#Cc1cccc(NN=C(C#N)C(=O)c2cc(C(C)(C)C)on2)c1. The van der Waals surface area contributed by atoms with E-state index in [1.165, 1.54) is 6.07 Å². The van der Waals surface area contributed by atoms with Gasteiger partial charge < -0.3 is 4.52 Å². The largest absolute Gasteiger partial charge is 0.360 e. The Hall–Kier alpha value is -3.38. The van der Waals surface area contributed by atoms with Crippen LogP contribution >= 0.6 is 0 Å². The molecular formula is C18H16N4O2. The standard InChI is InChI=1S/C18H16N4O2/c1-5-12-7-6-8-13(9-12)20-21-15(11-19)17(23)14-10-16(24-22-14)18(2,3)4/h1,6-10,20H,2-4H3. The van der Waals surface area contributed by atoms with E-state index >= 15 is 0 Å². The Labute approximate surface area is 140 Å². The molecule has 0 fully saturated rings. The van der Waals surface area contributed by atoms with Crippen LogP contribution in [0.5, 0.6) is 0 Å². The Morgan fingerprint density at radius 3 is 2.71 bits per heavy atom. The van der Waals surface area contributed by atoms with Crippen LogP contribution in [0.1, 0.15) is 42.6 Å². The highest BCUT2D eigenvalue weighted by Crippen LogP contribution is 2.22. The number of terminal acetylenes is 1. The molecule has 0 aliphatic heterocycles. The quantitative estimate of drug-likeness (QED) is 0.404. The summed E-state index contributed by atoms with van der Waals surface area (Å²) in [5, 5.41) is 16.7. The summed E-state index contributed by atoms with van der Waals surface area (Å²) in [4.78, 5) is 12.3. The highest BCUT2D eigenvalue weighted by Gasteiger charge is 2.24. The third-order valence-corrected chi connectivity index (χ3v) is 3.13. The van der Waals surface area contributed by atoms with E-state index in [-0.39, 0.29) is 16.8 Å². The summed E-state index contributed by atoms with van der Waals surface area (Å²) < 4.78 is 5.16. The van der Waals surface area contributed by atoms with E-state index < -0.39 is 5.78 Å². The van der Waals surface area contributed by atoms with Gasteiger partial charge >= 0.3 is 0 Å². The van der Waals surface area contributed by atoms with Crippen molar-refractivity contribution in [2.75, 3.05) is 5.43 Å². The third-order valence-electron chi connectivity index (χ3n) is 3.13. The number of anilines is 1. The molecule has 2 aromatic rings. The lowest BCUT2D eigenvalue weighted by Gasteiger charge is -2.11. The molecule has 2 rings (SSSR count). The van der Waals surface area contributed by atoms with Crippen LogP contribution in [-0.4, -0.2) is 16.7 Å². The first-order valence-corrected chi connectivity index (χ1v) is 7.17. The number of benzene rings is 1. The fourth-order valence-corrected chi connectivity index (χ4v) is 1.78. The molecule has 6 nitrogen and oxygen atoms in total. The summed E-state index contributed by atoms with van der Waals surface area (Å²) in [6.45, 7) is 5.79. The van der Waals surface area contributed by atoms with Crippen molar-refractivity contribution in [3.8, 4) is 18.4 Å². The summed E-state index contributed by atoms with van der Waals surface area (Å²) in [6.07, 6.45) is 5.32. The molecule has 0 spiro atoms. The van der Waals surface area contributed by atoms with Crippen LogP contribution in [0.3, 0.4) is 0 Å². The van der Waals surface area contributed by atoms with E-state index in [9.17, 15) is 10.1 Å². The highest BCUT2D eigenvalue weighted by molar-refractivity contribution is 6.51. The topological polar surface area (TPSA) is 91.3 Å². The highest BCUT2D eigenvalue weighted by atomic mass is 16.5. The van der Waals surface area contributed by atoms with Gasteiger partial charge in [0.15, 0.2) is 5.69 Å². The lowest BCUT2D eigenvalue weighted by atomic mass is 9.93. The molecule has 0 amide bonds. The number of rotatable bonds is 4. The Morgan fingerprint density at radius 1 is 1.38 bits per heavy atom. The van der Waals surface area contributed by atoms with Gasteiger partial charge in [-0.15, -0.1) is 6.42 Å². The molecule has 24 heavy (non-hydrogen) atoms. The minimum absolute atomic E-state index is 0.0411. The number of hydrogen-bond acceptors (Lipinski definition) is 6. The number of ketones is 1. The zero-order valence-electron chi connectivity index (χ0n) is 13.6. The molecule has 0 aliphatic carbocycles. The predicted molar refractivity (Wildman–Crippen MR) is 90.6 cm³/mol. The van der Waals surface area contributed by atoms with Gasteiger partial charge in [-0.05, 0) is 18.2 Å². The maximum Gasteiger partial charge on any atom is 0.245 e. The molecule has 120 valence electrons. The van der Waals surface area contributed by atoms with Crippen LogP contribution in [0.15, 0.2) is 40.0 Å². The normalized spacial score (nSPS) is 11.5. The first-order chi connectivity index (χ1) is 11.3. The van der Waals surface area contributed by atoms with Crippen molar-refractivity contribution in [3.63, 3.8) is 0 Å². The first-order valence-electron chi connectivity index (χ1n) is 7.17. The molecule has 0 radical (unpaired) electrons. The monoisotopic (exact) mass is 320 g/mol. The number of nitrogens with one attached hydrogen (secondary N) is 1. The second kappa shape index (κ2) is 6.80. The molecule has 1 heterocycles.